The Labute approximate surface area is 228 Å². The van der Waals surface area contributed by atoms with Crippen LogP contribution in [0.5, 0.6) is 0 Å². The van der Waals surface area contributed by atoms with Gasteiger partial charge < -0.3 is 4.74 Å². The van der Waals surface area contributed by atoms with Crippen LogP contribution >= 0.6 is 11.3 Å². The van der Waals surface area contributed by atoms with Crippen molar-refractivity contribution in [2.24, 2.45) is 4.99 Å². The highest BCUT2D eigenvalue weighted by atomic mass is 32.1. The normalized spacial score (nSPS) is 15.1. The van der Waals surface area contributed by atoms with E-state index >= 15 is 0 Å². The predicted molar refractivity (Wildman–Crippen MR) is 151 cm³/mol. The van der Waals surface area contributed by atoms with Crippen LogP contribution in [-0.4, -0.2) is 27.4 Å². The molecule has 8 heteroatoms. The molecule has 0 bridgehead atoms. The van der Waals surface area contributed by atoms with Crippen molar-refractivity contribution in [3.63, 3.8) is 0 Å². The number of para-hydroxylation sites is 1. The summed E-state index contributed by atoms with van der Waals surface area (Å²) < 4.78 is 9.00. The zero-order valence-electron chi connectivity index (χ0n) is 21.3. The zero-order valence-corrected chi connectivity index (χ0v) is 22.1. The minimum absolute atomic E-state index is 0.229. The van der Waals surface area contributed by atoms with Crippen LogP contribution in [0.2, 0.25) is 0 Å². The number of esters is 1. The summed E-state index contributed by atoms with van der Waals surface area (Å²) in [6, 6.07) is 28.6. The first-order valence-corrected chi connectivity index (χ1v) is 13.2. The first-order chi connectivity index (χ1) is 19.0. The molecule has 5 aromatic rings. The summed E-state index contributed by atoms with van der Waals surface area (Å²) in [5, 5.41) is 4.87. The van der Waals surface area contributed by atoms with Crippen molar-refractivity contribution in [1.29, 1.82) is 0 Å². The van der Waals surface area contributed by atoms with Gasteiger partial charge in [0.25, 0.3) is 5.56 Å². The van der Waals surface area contributed by atoms with E-state index in [9.17, 15) is 9.59 Å². The molecule has 0 spiro atoms. The number of hydrogen-bond donors (Lipinski definition) is 0. The highest BCUT2D eigenvalue weighted by Gasteiger charge is 2.33. The molecule has 2 aromatic heterocycles. The molecule has 3 aromatic carbocycles. The first-order valence-electron chi connectivity index (χ1n) is 12.4. The van der Waals surface area contributed by atoms with Gasteiger partial charge in [-0.1, -0.05) is 90.2 Å². The Balaban J connectivity index is 1.57. The fourth-order valence-corrected chi connectivity index (χ4v) is 5.85. The Morgan fingerprint density at radius 1 is 0.949 bits per heavy atom. The number of aromatic nitrogens is 3. The average molecular weight is 533 g/mol. The van der Waals surface area contributed by atoms with Crippen molar-refractivity contribution < 1.29 is 9.53 Å². The van der Waals surface area contributed by atoms with E-state index in [2.05, 4.69) is 4.99 Å². The van der Waals surface area contributed by atoms with Gasteiger partial charge in [-0.25, -0.2) is 14.5 Å². The number of carbonyl (C=O) groups is 1. The van der Waals surface area contributed by atoms with Gasteiger partial charge in [-0.3, -0.25) is 9.36 Å². The van der Waals surface area contributed by atoms with Crippen molar-refractivity contribution in [3.05, 3.63) is 139 Å². The summed E-state index contributed by atoms with van der Waals surface area (Å²) in [5.74, 6) is -0.505. The molecular formula is C31H24N4O3S. The fourth-order valence-electron chi connectivity index (χ4n) is 4.81. The van der Waals surface area contributed by atoms with Crippen molar-refractivity contribution in [2.45, 2.75) is 13.0 Å². The number of nitrogens with zero attached hydrogens (tertiary/aromatic N) is 4. The molecule has 0 radical (unpaired) electrons. The summed E-state index contributed by atoms with van der Waals surface area (Å²) in [6.07, 6.45) is 3.79. The van der Waals surface area contributed by atoms with E-state index in [1.807, 2.05) is 108 Å². The average Bonchev–Trinajstić information content (AvgIpc) is 3.54. The zero-order chi connectivity index (χ0) is 26.9. The maximum Gasteiger partial charge on any atom is 0.338 e. The number of thiazole rings is 1. The third kappa shape index (κ3) is 4.45. The van der Waals surface area contributed by atoms with Gasteiger partial charge >= 0.3 is 5.97 Å². The maximum absolute atomic E-state index is 14.0. The Hall–Kier alpha value is -4.82. The number of carbonyl (C=O) groups excluding carboxylic acids is 1. The van der Waals surface area contributed by atoms with E-state index in [0.29, 0.717) is 20.6 Å². The molecule has 0 aliphatic carbocycles. The van der Waals surface area contributed by atoms with Crippen LogP contribution in [0.3, 0.4) is 0 Å². The molecule has 1 unspecified atom stereocenters. The fraction of sp³-hybridized carbons (Fsp3) is 0.0968. The molecule has 3 heterocycles. The third-order valence-corrected chi connectivity index (χ3v) is 7.62. The van der Waals surface area contributed by atoms with Gasteiger partial charge in [-0.15, -0.1) is 0 Å². The van der Waals surface area contributed by atoms with Gasteiger partial charge in [0.15, 0.2) is 4.80 Å². The van der Waals surface area contributed by atoms with Gasteiger partial charge in [-0.2, -0.15) is 5.10 Å². The largest absolute Gasteiger partial charge is 0.466 e. The molecule has 39 heavy (non-hydrogen) atoms. The quantitative estimate of drug-likeness (QED) is 0.317. The molecular weight excluding hydrogens is 508 g/mol. The monoisotopic (exact) mass is 532 g/mol. The van der Waals surface area contributed by atoms with Crippen LogP contribution < -0.4 is 14.9 Å². The lowest BCUT2D eigenvalue weighted by atomic mass is 9.96. The summed E-state index contributed by atoms with van der Waals surface area (Å²) >= 11 is 1.29. The highest BCUT2D eigenvalue weighted by Crippen LogP contribution is 2.30. The van der Waals surface area contributed by atoms with E-state index in [0.717, 1.165) is 28.1 Å². The number of hydrogen-bond acceptors (Lipinski definition) is 6. The summed E-state index contributed by atoms with van der Waals surface area (Å²) in [6.45, 7) is 1.77. The van der Waals surface area contributed by atoms with Gasteiger partial charge in [0.1, 0.15) is 0 Å². The number of benzene rings is 3. The maximum atomic E-state index is 14.0. The van der Waals surface area contributed by atoms with Crippen LogP contribution in [0.1, 0.15) is 24.1 Å². The first kappa shape index (κ1) is 24.5. The topological polar surface area (TPSA) is 78.5 Å². The summed E-state index contributed by atoms with van der Waals surface area (Å²) in [5.41, 5.74) is 4.88. The molecule has 1 atom stereocenters. The summed E-state index contributed by atoms with van der Waals surface area (Å²) in [7, 11) is 1.34. The number of allylic oxidation sites excluding steroid dienone is 1. The molecule has 1 aliphatic heterocycles. The molecule has 1 aliphatic rings. The molecule has 0 N–H and O–H groups in total. The van der Waals surface area contributed by atoms with Gasteiger partial charge in [0.05, 0.1) is 40.3 Å². The van der Waals surface area contributed by atoms with Crippen LogP contribution in [0.25, 0.3) is 23.0 Å². The second-order valence-corrected chi connectivity index (χ2v) is 10.1. The van der Waals surface area contributed by atoms with E-state index in [1.54, 1.807) is 11.5 Å². The SMILES string of the molecule is COC(=O)C1=C(C)N=c2sc(=Cc3cn(-c4ccccc4)nc3-c3ccccc3)c(=O)n2C1c1ccccc1. The lowest BCUT2D eigenvalue weighted by Gasteiger charge is -2.24. The van der Waals surface area contributed by atoms with Gasteiger partial charge in [0, 0.05) is 17.3 Å². The van der Waals surface area contributed by atoms with E-state index in [1.165, 1.54) is 18.4 Å². The van der Waals surface area contributed by atoms with E-state index < -0.39 is 12.0 Å². The van der Waals surface area contributed by atoms with Crippen molar-refractivity contribution in [2.75, 3.05) is 7.11 Å². The minimum Gasteiger partial charge on any atom is -0.466 e. The Kier molecular flexibility index (Phi) is 6.38. The molecule has 6 rings (SSSR count). The number of methoxy groups -OCH3 is 1. The Morgan fingerprint density at radius 2 is 1.59 bits per heavy atom. The molecule has 0 saturated heterocycles. The van der Waals surface area contributed by atoms with E-state index in [-0.39, 0.29) is 5.56 Å². The van der Waals surface area contributed by atoms with Crippen LogP contribution in [0.15, 0.2) is 118 Å². The lowest BCUT2D eigenvalue weighted by Crippen LogP contribution is -2.39. The number of fused-ring (bicyclic) bond motifs is 1. The number of rotatable bonds is 5. The Bertz CT molecular complexity index is 1890. The minimum atomic E-state index is -0.641. The predicted octanol–water partition coefficient (Wildman–Crippen LogP) is 4.26. The number of ether oxygens (including phenoxy) is 1. The highest BCUT2D eigenvalue weighted by molar-refractivity contribution is 7.07. The van der Waals surface area contributed by atoms with Crippen LogP contribution in [-0.2, 0) is 9.53 Å². The van der Waals surface area contributed by atoms with Crippen molar-refractivity contribution in [1.82, 2.24) is 14.3 Å². The lowest BCUT2D eigenvalue weighted by molar-refractivity contribution is -0.136. The van der Waals surface area contributed by atoms with Crippen LogP contribution in [0, 0.1) is 0 Å². The Morgan fingerprint density at radius 3 is 2.26 bits per heavy atom. The van der Waals surface area contributed by atoms with Gasteiger partial charge in [0.2, 0.25) is 0 Å². The molecule has 7 nitrogen and oxygen atoms in total. The molecule has 0 saturated carbocycles. The molecule has 0 fully saturated rings. The molecule has 0 amide bonds. The standard InChI is InChI=1S/C31H24N4O3S/c1-20-26(30(37)38-2)28(22-14-8-4-9-15-22)35-29(36)25(39-31(35)32-20)18-23-19-34(24-16-10-5-11-17-24)33-27(23)21-12-6-3-7-13-21/h3-19,28H,1-2H3. The second kappa shape index (κ2) is 10.2. The van der Waals surface area contributed by atoms with Crippen molar-refractivity contribution >= 4 is 23.4 Å². The second-order valence-electron chi connectivity index (χ2n) is 9.06. The van der Waals surface area contributed by atoms with E-state index in [4.69, 9.17) is 9.84 Å². The van der Waals surface area contributed by atoms with Crippen LogP contribution in [0.4, 0.5) is 0 Å². The smallest absolute Gasteiger partial charge is 0.338 e. The van der Waals surface area contributed by atoms with Crippen molar-refractivity contribution in [3.8, 4) is 16.9 Å². The van der Waals surface area contributed by atoms with Gasteiger partial charge in [-0.05, 0) is 30.7 Å². The summed E-state index contributed by atoms with van der Waals surface area (Å²) in [4.78, 5) is 32.0. The third-order valence-electron chi connectivity index (χ3n) is 6.64. The molecule has 192 valence electrons.